The number of methoxy groups -OCH3 is 6. The van der Waals surface area contributed by atoms with E-state index in [1.165, 1.54) is 22.3 Å². The highest BCUT2D eigenvalue weighted by atomic mass is 16.5. The van der Waals surface area contributed by atoms with Gasteiger partial charge in [-0.1, -0.05) is 31.2 Å². The first-order valence-corrected chi connectivity index (χ1v) is 13.7. The zero-order valence-electron chi connectivity index (χ0n) is 24.8. The maximum absolute atomic E-state index is 6.07. The highest BCUT2D eigenvalue weighted by Crippen LogP contribution is 2.53. The van der Waals surface area contributed by atoms with Crippen LogP contribution >= 0.6 is 0 Å². The molecule has 6 nitrogen and oxygen atoms in total. The maximum Gasteiger partial charge on any atom is 0.126 e. The van der Waals surface area contributed by atoms with Crippen molar-refractivity contribution in [2.75, 3.05) is 42.7 Å². The molecule has 1 aliphatic rings. The van der Waals surface area contributed by atoms with Gasteiger partial charge in [0, 0.05) is 35.1 Å². The highest BCUT2D eigenvalue weighted by Gasteiger charge is 2.37. The number of fused-ring (bicyclic) bond motifs is 2. The fraction of sp³-hybridized carbons (Fsp3) is 0.314. The van der Waals surface area contributed by atoms with E-state index < -0.39 is 0 Å². The lowest BCUT2D eigenvalue weighted by molar-refractivity contribution is 0.380. The molecule has 3 atom stereocenters. The zero-order valence-corrected chi connectivity index (χ0v) is 24.8. The van der Waals surface area contributed by atoms with Gasteiger partial charge in [0.15, 0.2) is 0 Å². The van der Waals surface area contributed by atoms with Crippen LogP contribution in [0.5, 0.6) is 34.5 Å². The van der Waals surface area contributed by atoms with Crippen LogP contribution in [0.2, 0.25) is 0 Å². The molecule has 0 aromatic heterocycles. The molecule has 0 unspecified atom stereocenters. The van der Waals surface area contributed by atoms with Crippen molar-refractivity contribution in [1.82, 2.24) is 0 Å². The van der Waals surface area contributed by atoms with E-state index in [2.05, 4.69) is 43.3 Å². The van der Waals surface area contributed by atoms with Crippen molar-refractivity contribution in [3.05, 3.63) is 106 Å². The van der Waals surface area contributed by atoms with E-state index in [0.29, 0.717) is 6.42 Å². The summed E-state index contributed by atoms with van der Waals surface area (Å²) in [6.07, 6.45) is 0.713. The second kappa shape index (κ2) is 12.0. The second-order valence-electron chi connectivity index (χ2n) is 10.3. The molecule has 0 radical (unpaired) electrons. The Labute approximate surface area is 242 Å². The molecule has 41 heavy (non-hydrogen) atoms. The SMILES string of the molecule is COc1ccc([C@H]2Cc3cc(OC)cc(OC)c3[C@@H](c3ccc(OC)cc3)[C@@H](C)c3cc(OC)cc(OC)c32)cc1. The first-order valence-electron chi connectivity index (χ1n) is 13.7. The Kier molecular flexibility index (Phi) is 8.29. The van der Waals surface area contributed by atoms with Crippen LogP contribution in [0.4, 0.5) is 0 Å². The monoisotopic (exact) mass is 554 g/mol. The largest absolute Gasteiger partial charge is 0.497 e. The minimum absolute atomic E-state index is 0.00779. The predicted molar refractivity (Wildman–Crippen MR) is 161 cm³/mol. The molecule has 5 rings (SSSR count). The first kappa shape index (κ1) is 28.2. The molecule has 0 fully saturated rings. The molecule has 0 aliphatic heterocycles. The lowest BCUT2D eigenvalue weighted by Crippen LogP contribution is -2.22. The Morgan fingerprint density at radius 3 is 1.51 bits per heavy atom. The summed E-state index contributed by atoms with van der Waals surface area (Å²) < 4.78 is 34.6. The molecule has 0 heterocycles. The van der Waals surface area contributed by atoms with E-state index in [9.17, 15) is 0 Å². The van der Waals surface area contributed by atoms with Crippen molar-refractivity contribution < 1.29 is 28.4 Å². The van der Waals surface area contributed by atoms with Gasteiger partial charge in [0.25, 0.3) is 0 Å². The minimum atomic E-state index is -0.0239. The molecule has 214 valence electrons. The van der Waals surface area contributed by atoms with Crippen LogP contribution in [0, 0.1) is 0 Å². The minimum Gasteiger partial charge on any atom is -0.497 e. The summed E-state index contributed by atoms with van der Waals surface area (Å²) in [6, 6.07) is 24.9. The van der Waals surface area contributed by atoms with Gasteiger partial charge in [0.2, 0.25) is 0 Å². The number of rotatable bonds is 8. The molecule has 0 bridgehead atoms. The first-order chi connectivity index (χ1) is 20.0. The van der Waals surface area contributed by atoms with E-state index in [-0.39, 0.29) is 17.8 Å². The second-order valence-corrected chi connectivity index (χ2v) is 10.3. The van der Waals surface area contributed by atoms with Crippen LogP contribution in [0.15, 0.2) is 72.8 Å². The summed E-state index contributed by atoms with van der Waals surface area (Å²) >= 11 is 0. The third kappa shape index (κ3) is 5.26. The maximum atomic E-state index is 6.07. The third-order valence-corrected chi connectivity index (χ3v) is 8.33. The van der Waals surface area contributed by atoms with E-state index in [1.54, 1.807) is 42.7 Å². The molecule has 4 aromatic rings. The van der Waals surface area contributed by atoms with E-state index in [1.807, 2.05) is 36.4 Å². The molecule has 0 saturated carbocycles. The van der Waals surface area contributed by atoms with Gasteiger partial charge in [0.05, 0.1) is 42.7 Å². The van der Waals surface area contributed by atoms with Crippen LogP contribution < -0.4 is 28.4 Å². The number of hydrogen-bond acceptors (Lipinski definition) is 6. The molecule has 1 aliphatic carbocycles. The number of ether oxygens (including phenoxy) is 6. The molecular weight excluding hydrogens is 516 g/mol. The van der Waals surface area contributed by atoms with Crippen LogP contribution in [0.1, 0.15) is 58.1 Å². The summed E-state index contributed by atoms with van der Waals surface area (Å²) in [7, 11) is 10.2. The fourth-order valence-corrected chi connectivity index (χ4v) is 6.26. The van der Waals surface area contributed by atoms with Gasteiger partial charge in [-0.25, -0.2) is 0 Å². The average molecular weight is 555 g/mol. The van der Waals surface area contributed by atoms with Crippen LogP contribution in [-0.4, -0.2) is 42.7 Å². The summed E-state index contributed by atoms with van der Waals surface area (Å²) in [6.45, 7) is 2.27. The van der Waals surface area contributed by atoms with Gasteiger partial charge >= 0.3 is 0 Å². The van der Waals surface area contributed by atoms with Crippen molar-refractivity contribution in [1.29, 1.82) is 0 Å². The van der Waals surface area contributed by atoms with Crippen LogP contribution in [0.25, 0.3) is 0 Å². The summed E-state index contributed by atoms with van der Waals surface area (Å²) in [4.78, 5) is 0. The molecule has 0 N–H and O–H groups in total. The number of benzene rings is 4. The lowest BCUT2D eigenvalue weighted by atomic mass is 9.68. The Morgan fingerprint density at radius 2 is 1.00 bits per heavy atom. The van der Waals surface area contributed by atoms with Gasteiger partial charge in [0.1, 0.15) is 34.5 Å². The Bertz CT molecular complexity index is 1490. The van der Waals surface area contributed by atoms with Crippen molar-refractivity contribution in [3.63, 3.8) is 0 Å². The Morgan fingerprint density at radius 1 is 0.512 bits per heavy atom. The number of hydrogen-bond donors (Lipinski definition) is 0. The van der Waals surface area contributed by atoms with E-state index in [4.69, 9.17) is 28.4 Å². The molecule has 0 saturated heterocycles. The average Bonchev–Trinajstić information content (AvgIpc) is 3.03. The van der Waals surface area contributed by atoms with Crippen LogP contribution in [-0.2, 0) is 6.42 Å². The van der Waals surface area contributed by atoms with Crippen LogP contribution in [0.3, 0.4) is 0 Å². The normalized spacial score (nSPS) is 17.8. The van der Waals surface area contributed by atoms with E-state index in [0.717, 1.165) is 45.6 Å². The van der Waals surface area contributed by atoms with Crippen molar-refractivity contribution >= 4 is 0 Å². The topological polar surface area (TPSA) is 55.4 Å². The lowest BCUT2D eigenvalue weighted by Gasteiger charge is -2.36. The van der Waals surface area contributed by atoms with Gasteiger partial charge in [-0.05, 0) is 71.0 Å². The predicted octanol–water partition coefficient (Wildman–Crippen LogP) is 7.36. The van der Waals surface area contributed by atoms with Crippen molar-refractivity contribution in [3.8, 4) is 34.5 Å². The molecule has 6 heteroatoms. The summed E-state index contributed by atoms with van der Waals surface area (Å²) in [5.41, 5.74) is 6.97. The highest BCUT2D eigenvalue weighted by molar-refractivity contribution is 5.61. The van der Waals surface area contributed by atoms with Gasteiger partial charge in [-0.3, -0.25) is 0 Å². The third-order valence-electron chi connectivity index (χ3n) is 8.33. The van der Waals surface area contributed by atoms with E-state index >= 15 is 0 Å². The standard InChI is InChI=1S/C35H38O6/c1-21-29-18-28(39-5)20-32(41-7)35(29)30(22-8-12-25(36-2)13-9-22)17-24-16-27(38-4)19-31(40-6)34(24)33(21)23-10-14-26(37-3)15-11-23/h8-16,18-21,30,33H,17H2,1-7H3/t21-,30+,33+/m0/s1. The summed E-state index contributed by atoms with van der Waals surface area (Å²) in [5, 5.41) is 0. The smallest absolute Gasteiger partial charge is 0.126 e. The Balaban J connectivity index is 1.84. The fourth-order valence-electron chi connectivity index (χ4n) is 6.26. The summed E-state index contributed by atoms with van der Waals surface area (Å²) in [5.74, 6) is 4.77. The quantitative estimate of drug-likeness (QED) is 0.227. The molecule has 0 amide bonds. The molecule has 4 aromatic carbocycles. The van der Waals surface area contributed by atoms with Gasteiger partial charge in [-0.2, -0.15) is 0 Å². The van der Waals surface area contributed by atoms with Crippen molar-refractivity contribution in [2.24, 2.45) is 0 Å². The molecule has 0 spiro atoms. The Hall–Kier alpha value is -4.32. The molecular formula is C35H38O6. The zero-order chi connectivity index (χ0) is 29.1. The van der Waals surface area contributed by atoms with Gasteiger partial charge in [-0.15, -0.1) is 0 Å². The van der Waals surface area contributed by atoms with Crippen molar-refractivity contribution in [2.45, 2.75) is 31.1 Å². The van der Waals surface area contributed by atoms with Gasteiger partial charge < -0.3 is 28.4 Å².